The van der Waals surface area contributed by atoms with Crippen molar-refractivity contribution in [1.82, 2.24) is 9.97 Å². The van der Waals surface area contributed by atoms with Gasteiger partial charge < -0.3 is 0 Å². The van der Waals surface area contributed by atoms with Crippen LogP contribution in [0, 0.1) is 0 Å². The number of nitrogens with zero attached hydrogens (tertiary/aromatic N) is 2. The van der Waals surface area contributed by atoms with E-state index in [1.54, 1.807) is 0 Å². The third kappa shape index (κ3) is 4.02. The van der Waals surface area contributed by atoms with E-state index in [0.29, 0.717) is 0 Å². The summed E-state index contributed by atoms with van der Waals surface area (Å²) in [4.78, 5) is 10.6. The maximum absolute atomic E-state index is 5.28. The Kier molecular flexibility index (Phi) is 5.68. The van der Waals surface area contributed by atoms with Gasteiger partial charge in [-0.1, -0.05) is 133 Å². The number of hydrogen-bond donors (Lipinski definition) is 0. The predicted octanol–water partition coefficient (Wildman–Crippen LogP) is 10.7. The molecule has 2 aromatic heterocycles. The van der Waals surface area contributed by atoms with E-state index in [2.05, 4.69) is 133 Å². The minimum Gasteiger partial charge on any atom is -0.228 e. The van der Waals surface area contributed by atoms with Gasteiger partial charge in [0, 0.05) is 42.4 Å². The van der Waals surface area contributed by atoms with Crippen molar-refractivity contribution < 1.29 is 0 Å². The Bertz CT molecular complexity index is 2130. The highest BCUT2D eigenvalue weighted by molar-refractivity contribution is 7.26. The van der Waals surface area contributed by atoms with E-state index in [1.807, 2.05) is 23.5 Å². The lowest BCUT2D eigenvalue weighted by Gasteiger charge is -2.16. The van der Waals surface area contributed by atoms with Gasteiger partial charge in [0.15, 0.2) is 5.82 Å². The van der Waals surface area contributed by atoms with Gasteiger partial charge in [0.2, 0.25) is 0 Å². The molecule has 0 bridgehead atoms. The summed E-state index contributed by atoms with van der Waals surface area (Å²) in [7, 11) is 0. The van der Waals surface area contributed by atoms with Crippen LogP contribution in [0.5, 0.6) is 0 Å². The lowest BCUT2D eigenvalue weighted by atomic mass is 9.90. The van der Waals surface area contributed by atoms with Gasteiger partial charge in [-0.3, -0.25) is 0 Å². The maximum atomic E-state index is 5.28. The molecule has 0 N–H and O–H groups in total. The van der Waals surface area contributed by atoms with Gasteiger partial charge >= 0.3 is 0 Å². The Balaban J connectivity index is 1.55. The number of aromatic nitrogens is 2. The van der Waals surface area contributed by atoms with Crippen LogP contribution in [0.4, 0.5) is 0 Å². The molecule has 0 amide bonds. The molecule has 8 aromatic rings. The molecule has 3 heteroatoms. The highest BCUT2D eigenvalue weighted by atomic mass is 32.1. The Morgan fingerprint density at radius 1 is 0.415 bits per heavy atom. The van der Waals surface area contributed by atoms with Crippen LogP contribution in [0.15, 0.2) is 146 Å². The van der Waals surface area contributed by atoms with Crippen LogP contribution >= 0.6 is 11.3 Å². The average molecular weight is 541 g/mol. The minimum absolute atomic E-state index is 0.745. The van der Waals surface area contributed by atoms with Gasteiger partial charge in [0.1, 0.15) is 0 Å². The highest BCUT2D eigenvalue weighted by Crippen LogP contribution is 2.49. The Labute approximate surface area is 242 Å². The molecule has 2 nitrogen and oxygen atoms in total. The lowest BCUT2D eigenvalue weighted by Crippen LogP contribution is -1.98. The third-order valence-corrected chi connectivity index (χ3v) is 8.88. The quantitative estimate of drug-likeness (QED) is 0.222. The molecule has 0 radical (unpaired) electrons. The summed E-state index contributed by atoms with van der Waals surface area (Å²) in [6.07, 6.45) is 0. The summed E-state index contributed by atoms with van der Waals surface area (Å²) in [5, 5.41) is 4.82. The molecule has 2 heterocycles. The molecule has 0 aliphatic carbocycles. The van der Waals surface area contributed by atoms with Crippen LogP contribution in [0.25, 0.3) is 76.0 Å². The van der Waals surface area contributed by atoms with Crippen molar-refractivity contribution >= 4 is 42.3 Å². The fraction of sp³-hybridized carbons (Fsp3) is 0. The molecule has 41 heavy (non-hydrogen) atoms. The van der Waals surface area contributed by atoms with Crippen molar-refractivity contribution in [3.8, 4) is 45.0 Å². The monoisotopic (exact) mass is 540 g/mol. The molecule has 8 rings (SSSR count). The number of rotatable bonds is 4. The Hall–Kier alpha value is -5.12. The number of benzene rings is 6. The van der Waals surface area contributed by atoms with Crippen LogP contribution in [-0.4, -0.2) is 9.97 Å². The molecule has 0 fully saturated rings. The topological polar surface area (TPSA) is 25.8 Å². The summed E-state index contributed by atoms with van der Waals surface area (Å²) < 4.78 is 2.53. The average Bonchev–Trinajstić information content (AvgIpc) is 3.43. The summed E-state index contributed by atoms with van der Waals surface area (Å²) in [5.74, 6) is 0.745. The second-order valence-electron chi connectivity index (χ2n) is 10.2. The van der Waals surface area contributed by atoms with Gasteiger partial charge in [-0.2, -0.15) is 0 Å². The zero-order valence-electron chi connectivity index (χ0n) is 22.2. The standard InChI is InChI=1S/C38H24N2S/c1-4-14-25(15-5-1)31-24-32(26-16-6-2-7-17-26)40-38(39-31)36-29-21-11-10-20-28(29)34(27-18-8-3-9-19-27)37-35(36)30-22-12-13-23-33(30)41-37/h1-24H. The van der Waals surface area contributed by atoms with E-state index in [-0.39, 0.29) is 0 Å². The summed E-state index contributed by atoms with van der Waals surface area (Å²) >= 11 is 1.85. The maximum Gasteiger partial charge on any atom is 0.161 e. The van der Waals surface area contributed by atoms with Gasteiger partial charge in [0.25, 0.3) is 0 Å². The molecule has 0 atom stereocenters. The van der Waals surface area contributed by atoms with Crippen molar-refractivity contribution in [3.05, 3.63) is 146 Å². The molecular weight excluding hydrogens is 516 g/mol. The van der Waals surface area contributed by atoms with E-state index in [1.165, 1.54) is 36.7 Å². The van der Waals surface area contributed by atoms with Crippen LogP contribution < -0.4 is 0 Å². The van der Waals surface area contributed by atoms with Crippen molar-refractivity contribution in [2.45, 2.75) is 0 Å². The van der Waals surface area contributed by atoms with E-state index < -0.39 is 0 Å². The zero-order chi connectivity index (χ0) is 27.2. The lowest BCUT2D eigenvalue weighted by molar-refractivity contribution is 1.19. The molecular formula is C38H24N2S. The van der Waals surface area contributed by atoms with E-state index in [9.17, 15) is 0 Å². The first-order valence-electron chi connectivity index (χ1n) is 13.8. The second-order valence-corrected chi connectivity index (χ2v) is 11.2. The Morgan fingerprint density at radius 2 is 0.878 bits per heavy atom. The zero-order valence-corrected chi connectivity index (χ0v) is 23.0. The molecule has 0 saturated heterocycles. The highest BCUT2D eigenvalue weighted by Gasteiger charge is 2.23. The minimum atomic E-state index is 0.745. The fourth-order valence-corrected chi connectivity index (χ4v) is 7.13. The molecule has 0 spiro atoms. The first-order chi connectivity index (χ1) is 20.3. The predicted molar refractivity (Wildman–Crippen MR) is 174 cm³/mol. The SMILES string of the molecule is c1ccc(-c2cc(-c3ccccc3)nc(-c3c4ccccc4c(-c4ccccc4)c4sc5ccccc5c34)n2)cc1. The van der Waals surface area contributed by atoms with Crippen LogP contribution in [0.2, 0.25) is 0 Å². The van der Waals surface area contributed by atoms with Crippen molar-refractivity contribution in [2.75, 3.05) is 0 Å². The van der Waals surface area contributed by atoms with Gasteiger partial charge in [-0.15, -0.1) is 11.3 Å². The van der Waals surface area contributed by atoms with E-state index in [0.717, 1.165) is 39.3 Å². The van der Waals surface area contributed by atoms with Gasteiger partial charge in [0.05, 0.1) is 11.4 Å². The molecule has 0 unspecified atom stereocenters. The number of thiophene rings is 1. The molecule has 0 aliphatic rings. The van der Waals surface area contributed by atoms with Crippen LogP contribution in [0.1, 0.15) is 0 Å². The second kappa shape index (κ2) is 9.81. The summed E-state index contributed by atoms with van der Waals surface area (Å²) in [5.41, 5.74) is 7.55. The third-order valence-electron chi connectivity index (χ3n) is 7.69. The molecule has 192 valence electrons. The molecule has 0 saturated carbocycles. The van der Waals surface area contributed by atoms with Crippen molar-refractivity contribution in [1.29, 1.82) is 0 Å². The smallest absolute Gasteiger partial charge is 0.161 e. The van der Waals surface area contributed by atoms with Crippen LogP contribution in [0.3, 0.4) is 0 Å². The van der Waals surface area contributed by atoms with E-state index in [4.69, 9.17) is 9.97 Å². The summed E-state index contributed by atoms with van der Waals surface area (Å²) in [6.45, 7) is 0. The largest absolute Gasteiger partial charge is 0.228 e. The van der Waals surface area contributed by atoms with Crippen molar-refractivity contribution in [3.63, 3.8) is 0 Å². The van der Waals surface area contributed by atoms with E-state index >= 15 is 0 Å². The number of fused-ring (bicyclic) bond motifs is 4. The normalized spacial score (nSPS) is 11.4. The molecule has 6 aromatic carbocycles. The Morgan fingerprint density at radius 3 is 1.46 bits per heavy atom. The molecule has 0 aliphatic heterocycles. The first kappa shape index (κ1) is 23.7. The fourth-order valence-electron chi connectivity index (χ4n) is 5.84. The van der Waals surface area contributed by atoms with Gasteiger partial charge in [-0.05, 0) is 28.5 Å². The first-order valence-corrected chi connectivity index (χ1v) is 14.6. The van der Waals surface area contributed by atoms with Crippen molar-refractivity contribution in [2.24, 2.45) is 0 Å². The van der Waals surface area contributed by atoms with Crippen LogP contribution in [-0.2, 0) is 0 Å². The number of hydrogen-bond acceptors (Lipinski definition) is 3. The van der Waals surface area contributed by atoms with Gasteiger partial charge in [-0.25, -0.2) is 9.97 Å². The summed E-state index contributed by atoms with van der Waals surface area (Å²) in [6, 6.07) is 51.1.